The molecule has 0 fully saturated rings. The van der Waals surface area contributed by atoms with Crippen molar-refractivity contribution in [2.24, 2.45) is 0 Å². The molecule has 0 aliphatic rings. The Morgan fingerprint density at radius 1 is 1.50 bits per heavy atom. The first kappa shape index (κ1) is 12.6. The van der Waals surface area contributed by atoms with Crippen LogP contribution in [-0.2, 0) is 6.54 Å². The van der Waals surface area contributed by atoms with Crippen LogP contribution in [0, 0.1) is 13.8 Å². The highest BCUT2D eigenvalue weighted by Gasteiger charge is 2.15. The SMILES string of the molecule is CNC(=O)c1nc(Cn2nc(C)c(Cl)c2C)no1. The summed E-state index contributed by atoms with van der Waals surface area (Å²) in [5.74, 6) is -0.115. The van der Waals surface area contributed by atoms with Crippen LogP contribution in [0.25, 0.3) is 0 Å². The molecule has 0 unspecified atom stereocenters. The maximum atomic E-state index is 11.3. The number of nitrogens with one attached hydrogen (secondary N) is 1. The quantitative estimate of drug-likeness (QED) is 0.896. The van der Waals surface area contributed by atoms with Crippen molar-refractivity contribution >= 4 is 17.5 Å². The van der Waals surface area contributed by atoms with Crippen molar-refractivity contribution in [1.29, 1.82) is 0 Å². The van der Waals surface area contributed by atoms with Crippen LogP contribution in [0.2, 0.25) is 5.02 Å². The van der Waals surface area contributed by atoms with Gasteiger partial charge in [-0.05, 0) is 13.8 Å². The molecule has 2 heterocycles. The number of rotatable bonds is 3. The molecule has 18 heavy (non-hydrogen) atoms. The third kappa shape index (κ3) is 2.21. The number of nitrogens with zero attached hydrogens (tertiary/aromatic N) is 4. The molecule has 2 aromatic heterocycles. The molecule has 2 aromatic rings. The Bertz CT molecular complexity index is 589. The van der Waals surface area contributed by atoms with Gasteiger partial charge in [-0.1, -0.05) is 16.8 Å². The van der Waals surface area contributed by atoms with E-state index in [-0.39, 0.29) is 5.89 Å². The standard InChI is InChI=1S/C10H12ClN5O2/c1-5-8(11)6(2)16(14-5)4-7-13-10(18-15-7)9(17)12-3/h4H2,1-3H3,(H,12,17). The second-order valence-electron chi connectivity index (χ2n) is 3.74. The van der Waals surface area contributed by atoms with Crippen molar-refractivity contribution in [3.63, 3.8) is 0 Å². The fraction of sp³-hybridized carbons (Fsp3) is 0.400. The van der Waals surface area contributed by atoms with E-state index in [4.69, 9.17) is 16.1 Å². The molecule has 0 saturated carbocycles. The maximum absolute atomic E-state index is 11.3. The second-order valence-corrected chi connectivity index (χ2v) is 4.12. The van der Waals surface area contributed by atoms with Crippen molar-refractivity contribution in [1.82, 2.24) is 25.2 Å². The second kappa shape index (κ2) is 4.77. The summed E-state index contributed by atoms with van der Waals surface area (Å²) in [7, 11) is 1.49. The summed E-state index contributed by atoms with van der Waals surface area (Å²) in [5, 5.41) is 11.0. The number of hydrogen-bond donors (Lipinski definition) is 1. The van der Waals surface area contributed by atoms with Gasteiger partial charge >= 0.3 is 11.8 Å². The first-order valence-electron chi connectivity index (χ1n) is 5.27. The van der Waals surface area contributed by atoms with Gasteiger partial charge in [0.15, 0.2) is 5.82 Å². The van der Waals surface area contributed by atoms with Gasteiger partial charge < -0.3 is 9.84 Å². The molecule has 96 valence electrons. The monoisotopic (exact) mass is 269 g/mol. The van der Waals surface area contributed by atoms with E-state index in [9.17, 15) is 4.79 Å². The maximum Gasteiger partial charge on any atom is 0.315 e. The highest BCUT2D eigenvalue weighted by molar-refractivity contribution is 6.31. The Kier molecular flexibility index (Phi) is 3.33. The highest BCUT2D eigenvalue weighted by Crippen LogP contribution is 2.19. The normalized spacial score (nSPS) is 10.7. The van der Waals surface area contributed by atoms with E-state index in [1.807, 2.05) is 13.8 Å². The van der Waals surface area contributed by atoms with Gasteiger partial charge in [-0.25, -0.2) is 0 Å². The van der Waals surface area contributed by atoms with Crippen LogP contribution < -0.4 is 5.32 Å². The lowest BCUT2D eigenvalue weighted by molar-refractivity contribution is 0.0919. The summed E-state index contributed by atoms with van der Waals surface area (Å²) >= 11 is 6.03. The molecule has 0 aliphatic carbocycles. The zero-order valence-electron chi connectivity index (χ0n) is 10.2. The summed E-state index contributed by atoms with van der Waals surface area (Å²) < 4.78 is 6.48. The minimum absolute atomic E-state index is 0.0693. The number of hydrogen-bond acceptors (Lipinski definition) is 5. The van der Waals surface area contributed by atoms with Crippen LogP contribution in [-0.4, -0.2) is 32.9 Å². The first-order valence-corrected chi connectivity index (χ1v) is 5.65. The van der Waals surface area contributed by atoms with Crippen molar-refractivity contribution in [2.45, 2.75) is 20.4 Å². The fourth-order valence-corrected chi connectivity index (χ4v) is 1.62. The molecule has 1 amide bonds. The Labute approximate surface area is 108 Å². The van der Waals surface area contributed by atoms with E-state index >= 15 is 0 Å². The average Bonchev–Trinajstić information content (AvgIpc) is 2.91. The number of carbonyl (C=O) groups excluding carboxylic acids is 1. The molecular weight excluding hydrogens is 258 g/mol. The number of amides is 1. The Balaban J connectivity index is 2.21. The average molecular weight is 270 g/mol. The minimum atomic E-state index is -0.417. The van der Waals surface area contributed by atoms with Gasteiger partial charge in [0.2, 0.25) is 0 Å². The first-order chi connectivity index (χ1) is 8.52. The van der Waals surface area contributed by atoms with E-state index in [2.05, 4.69) is 20.6 Å². The predicted octanol–water partition coefficient (Wildman–Crippen LogP) is 0.944. The van der Waals surface area contributed by atoms with E-state index in [1.165, 1.54) is 7.05 Å². The fourth-order valence-electron chi connectivity index (χ4n) is 1.48. The highest BCUT2D eigenvalue weighted by atomic mass is 35.5. The summed E-state index contributed by atoms with van der Waals surface area (Å²) in [6.45, 7) is 3.97. The lowest BCUT2D eigenvalue weighted by Crippen LogP contribution is -2.18. The molecule has 8 heteroatoms. The Morgan fingerprint density at radius 3 is 2.78 bits per heavy atom. The number of halogens is 1. The van der Waals surface area contributed by atoms with Crippen LogP contribution >= 0.6 is 11.6 Å². The van der Waals surface area contributed by atoms with E-state index in [0.717, 1.165) is 11.4 Å². The molecule has 0 radical (unpaired) electrons. The van der Waals surface area contributed by atoms with Crippen molar-refractivity contribution in [2.75, 3.05) is 7.05 Å². The van der Waals surface area contributed by atoms with Gasteiger partial charge in [-0.2, -0.15) is 10.1 Å². The molecule has 0 saturated heterocycles. The van der Waals surface area contributed by atoms with Gasteiger partial charge in [0, 0.05) is 7.05 Å². The van der Waals surface area contributed by atoms with E-state index in [0.29, 0.717) is 17.4 Å². The largest absolute Gasteiger partial charge is 0.351 e. The zero-order chi connectivity index (χ0) is 13.3. The minimum Gasteiger partial charge on any atom is -0.351 e. The Hall–Kier alpha value is -1.89. The smallest absolute Gasteiger partial charge is 0.315 e. The zero-order valence-corrected chi connectivity index (χ0v) is 10.9. The molecule has 0 aliphatic heterocycles. The molecule has 7 nitrogen and oxygen atoms in total. The number of carbonyl (C=O) groups is 1. The molecule has 0 spiro atoms. The van der Waals surface area contributed by atoms with Crippen LogP contribution in [0.3, 0.4) is 0 Å². The topological polar surface area (TPSA) is 85.8 Å². The molecule has 1 N–H and O–H groups in total. The van der Waals surface area contributed by atoms with Crippen LogP contribution in [0.15, 0.2) is 4.52 Å². The summed E-state index contributed by atoms with van der Waals surface area (Å²) in [4.78, 5) is 15.2. The Morgan fingerprint density at radius 2 is 2.22 bits per heavy atom. The predicted molar refractivity (Wildman–Crippen MR) is 63.5 cm³/mol. The summed E-state index contributed by atoms with van der Waals surface area (Å²) in [6.07, 6.45) is 0. The lowest BCUT2D eigenvalue weighted by atomic mass is 10.4. The molecular formula is C10H12ClN5O2. The third-order valence-corrected chi connectivity index (χ3v) is 3.02. The van der Waals surface area contributed by atoms with Gasteiger partial charge in [0.25, 0.3) is 0 Å². The van der Waals surface area contributed by atoms with Gasteiger partial charge in [-0.15, -0.1) is 0 Å². The molecule has 2 rings (SSSR count). The lowest BCUT2D eigenvalue weighted by Gasteiger charge is -1.98. The summed E-state index contributed by atoms with van der Waals surface area (Å²) in [6, 6.07) is 0. The van der Waals surface area contributed by atoms with Crippen molar-refractivity contribution in [3.8, 4) is 0 Å². The number of aromatic nitrogens is 4. The van der Waals surface area contributed by atoms with Crippen molar-refractivity contribution in [3.05, 3.63) is 28.1 Å². The molecule has 0 aromatic carbocycles. The van der Waals surface area contributed by atoms with Crippen molar-refractivity contribution < 1.29 is 9.32 Å². The molecule has 0 bridgehead atoms. The van der Waals surface area contributed by atoms with Crippen LogP contribution in [0.1, 0.15) is 27.9 Å². The van der Waals surface area contributed by atoms with Gasteiger partial charge in [0.05, 0.1) is 16.4 Å². The van der Waals surface area contributed by atoms with Crippen LogP contribution in [0.5, 0.6) is 0 Å². The van der Waals surface area contributed by atoms with E-state index < -0.39 is 5.91 Å². The van der Waals surface area contributed by atoms with Crippen LogP contribution in [0.4, 0.5) is 0 Å². The number of aryl methyl sites for hydroxylation is 1. The van der Waals surface area contributed by atoms with Gasteiger partial charge in [-0.3, -0.25) is 9.48 Å². The molecule has 0 atom stereocenters. The van der Waals surface area contributed by atoms with Gasteiger partial charge in [0.1, 0.15) is 6.54 Å². The summed E-state index contributed by atoms with van der Waals surface area (Å²) in [5.41, 5.74) is 1.56. The van der Waals surface area contributed by atoms with E-state index in [1.54, 1.807) is 4.68 Å². The third-order valence-electron chi connectivity index (χ3n) is 2.47.